The Labute approximate surface area is 185 Å². The van der Waals surface area contributed by atoms with Crippen molar-refractivity contribution in [1.29, 1.82) is 0 Å². The highest BCUT2D eigenvalue weighted by Gasteiger charge is 2.27. The molecule has 162 valence electrons. The molecule has 5 nitrogen and oxygen atoms in total. The van der Waals surface area contributed by atoms with Gasteiger partial charge in [-0.15, -0.1) is 0 Å². The van der Waals surface area contributed by atoms with Crippen LogP contribution in [-0.2, 0) is 6.54 Å². The van der Waals surface area contributed by atoms with Crippen molar-refractivity contribution in [3.63, 3.8) is 0 Å². The molecule has 0 saturated carbocycles. The molecule has 0 N–H and O–H groups in total. The van der Waals surface area contributed by atoms with Crippen molar-refractivity contribution in [3.05, 3.63) is 66.4 Å². The van der Waals surface area contributed by atoms with Crippen LogP contribution in [0.1, 0.15) is 31.2 Å². The first kappa shape index (κ1) is 20.3. The smallest absolute Gasteiger partial charge is 0.119 e. The average molecular weight is 417 g/mol. The van der Waals surface area contributed by atoms with E-state index in [2.05, 4.69) is 52.4 Å². The second-order valence-corrected chi connectivity index (χ2v) is 8.77. The third-order valence-electron chi connectivity index (χ3n) is 6.76. The molecule has 0 unspecified atom stereocenters. The number of hydrogen-bond acceptors (Lipinski definition) is 4. The number of para-hydroxylation sites is 1. The molecule has 2 aliphatic rings. The van der Waals surface area contributed by atoms with Crippen molar-refractivity contribution in [1.82, 2.24) is 19.6 Å². The zero-order valence-electron chi connectivity index (χ0n) is 18.4. The average Bonchev–Trinajstić information content (AvgIpc) is 3.51. The van der Waals surface area contributed by atoms with Gasteiger partial charge in [0.1, 0.15) is 5.75 Å². The molecule has 2 saturated heterocycles. The summed E-state index contributed by atoms with van der Waals surface area (Å²) in [6.45, 7) is 5.86. The van der Waals surface area contributed by atoms with Crippen LogP contribution in [0.15, 0.2) is 60.8 Å². The quantitative estimate of drug-likeness (QED) is 0.588. The number of ether oxygens (including phenoxy) is 1. The molecule has 0 amide bonds. The van der Waals surface area contributed by atoms with Gasteiger partial charge in [-0.05, 0) is 76.1 Å². The monoisotopic (exact) mass is 416 g/mol. The Morgan fingerprint density at radius 2 is 1.71 bits per heavy atom. The Morgan fingerprint density at radius 1 is 0.935 bits per heavy atom. The lowest BCUT2D eigenvalue weighted by molar-refractivity contribution is 0.123. The lowest BCUT2D eigenvalue weighted by atomic mass is 10.0. The van der Waals surface area contributed by atoms with Crippen molar-refractivity contribution in [2.45, 2.75) is 38.3 Å². The fourth-order valence-corrected chi connectivity index (χ4v) is 5.04. The highest BCUT2D eigenvalue weighted by molar-refractivity contribution is 5.65. The topological polar surface area (TPSA) is 33.5 Å². The van der Waals surface area contributed by atoms with Crippen LogP contribution in [0.4, 0.5) is 0 Å². The van der Waals surface area contributed by atoms with E-state index in [-0.39, 0.29) is 0 Å². The highest BCUT2D eigenvalue weighted by atomic mass is 16.5. The number of likely N-dealkylation sites (tertiary alicyclic amines) is 2. The Kier molecular flexibility index (Phi) is 6.05. The van der Waals surface area contributed by atoms with Gasteiger partial charge in [0.25, 0.3) is 0 Å². The minimum absolute atomic E-state index is 0.781. The van der Waals surface area contributed by atoms with Crippen LogP contribution >= 0.6 is 0 Å². The van der Waals surface area contributed by atoms with Gasteiger partial charge in [-0.1, -0.05) is 30.3 Å². The van der Waals surface area contributed by atoms with Gasteiger partial charge in [-0.3, -0.25) is 4.90 Å². The number of aromatic nitrogens is 2. The van der Waals surface area contributed by atoms with Crippen molar-refractivity contribution < 1.29 is 4.74 Å². The molecular formula is C26H32N4O. The number of hydrogen-bond donors (Lipinski definition) is 0. The van der Waals surface area contributed by atoms with Crippen LogP contribution in [0.2, 0.25) is 0 Å². The van der Waals surface area contributed by atoms with Crippen LogP contribution in [0.5, 0.6) is 5.75 Å². The van der Waals surface area contributed by atoms with Crippen LogP contribution in [-0.4, -0.2) is 58.9 Å². The second-order valence-electron chi connectivity index (χ2n) is 8.77. The minimum atomic E-state index is 0.781. The summed E-state index contributed by atoms with van der Waals surface area (Å²) < 4.78 is 7.48. The fraction of sp³-hybridized carbons (Fsp3) is 0.423. The summed E-state index contributed by atoms with van der Waals surface area (Å²) in [5.74, 6) is 0.865. The van der Waals surface area contributed by atoms with Crippen molar-refractivity contribution in [2.75, 3.05) is 33.3 Å². The van der Waals surface area contributed by atoms with Gasteiger partial charge in [0.05, 0.1) is 18.5 Å². The van der Waals surface area contributed by atoms with E-state index in [1.807, 2.05) is 22.9 Å². The molecule has 3 aromatic rings. The van der Waals surface area contributed by atoms with E-state index in [0.717, 1.165) is 48.4 Å². The summed E-state index contributed by atoms with van der Waals surface area (Å²) in [6.07, 6.45) is 7.52. The molecular weight excluding hydrogens is 384 g/mol. The summed E-state index contributed by atoms with van der Waals surface area (Å²) in [5.41, 5.74) is 4.52. The van der Waals surface area contributed by atoms with Crippen molar-refractivity contribution in [3.8, 4) is 22.7 Å². The molecule has 2 fully saturated rings. The second kappa shape index (κ2) is 9.25. The van der Waals surface area contributed by atoms with Gasteiger partial charge in [-0.25, -0.2) is 4.68 Å². The molecule has 0 atom stereocenters. The van der Waals surface area contributed by atoms with Gasteiger partial charge in [0.15, 0.2) is 0 Å². The predicted octanol–water partition coefficient (Wildman–Crippen LogP) is 4.61. The normalized spacial score (nSPS) is 18.5. The molecule has 31 heavy (non-hydrogen) atoms. The van der Waals surface area contributed by atoms with E-state index in [1.165, 1.54) is 44.3 Å². The number of methoxy groups -OCH3 is 1. The zero-order chi connectivity index (χ0) is 21.0. The lowest BCUT2D eigenvalue weighted by Crippen LogP contribution is -2.43. The molecule has 0 bridgehead atoms. The van der Waals surface area contributed by atoms with Crippen LogP contribution in [0, 0.1) is 0 Å². The highest BCUT2D eigenvalue weighted by Crippen LogP contribution is 2.29. The molecule has 0 radical (unpaired) electrons. The van der Waals surface area contributed by atoms with Gasteiger partial charge in [0, 0.05) is 29.9 Å². The predicted molar refractivity (Wildman–Crippen MR) is 125 cm³/mol. The zero-order valence-corrected chi connectivity index (χ0v) is 18.4. The first-order chi connectivity index (χ1) is 15.3. The summed E-state index contributed by atoms with van der Waals surface area (Å²) in [7, 11) is 1.72. The van der Waals surface area contributed by atoms with E-state index >= 15 is 0 Å². The van der Waals surface area contributed by atoms with Gasteiger partial charge >= 0.3 is 0 Å². The first-order valence-electron chi connectivity index (χ1n) is 11.5. The number of rotatable bonds is 6. The SMILES string of the molecule is COc1cccc(-c2nn(-c3ccccc3)cc2CN2CCC(N3CCCC3)CC2)c1. The summed E-state index contributed by atoms with van der Waals surface area (Å²) in [5, 5.41) is 5.00. The maximum Gasteiger partial charge on any atom is 0.119 e. The first-order valence-corrected chi connectivity index (χ1v) is 11.5. The van der Waals surface area contributed by atoms with Crippen molar-refractivity contribution in [2.24, 2.45) is 0 Å². The Bertz CT molecular complexity index is 986. The Morgan fingerprint density at radius 3 is 2.45 bits per heavy atom. The third-order valence-corrected chi connectivity index (χ3v) is 6.76. The van der Waals surface area contributed by atoms with E-state index in [4.69, 9.17) is 9.84 Å². The Hall–Kier alpha value is -2.63. The van der Waals surface area contributed by atoms with Crippen LogP contribution < -0.4 is 4.74 Å². The van der Waals surface area contributed by atoms with E-state index in [1.54, 1.807) is 7.11 Å². The maximum absolute atomic E-state index is 5.47. The van der Waals surface area contributed by atoms with Crippen LogP contribution in [0.3, 0.4) is 0 Å². The summed E-state index contributed by atoms with van der Waals surface area (Å²) in [4.78, 5) is 5.31. The molecule has 5 heteroatoms. The number of nitrogens with zero attached hydrogens (tertiary/aromatic N) is 4. The maximum atomic E-state index is 5.47. The van der Waals surface area contributed by atoms with Gasteiger partial charge < -0.3 is 9.64 Å². The summed E-state index contributed by atoms with van der Waals surface area (Å²) in [6, 6.07) is 19.4. The Balaban J connectivity index is 1.38. The number of benzene rings is 2. The fourth-order valence-electron chi connectivity index (χ4n) is 5.04. The number of piperidine rings is 1. The summed E-state index contributed by atoms with van der Waals surface area (Å²) >= 11 is 0. The van der Waals surface area contributed by atoms with Crippen molar-refractivity contribution >= 4 is 0 Å². The molecule has 2 aliphatic heterocycles. The van der Waals surface area contributed by atoms with E-state index in [9.17, 15) is 0 Å². The molecule has 1 aromatic heterocycles. The standard InChI is InChI=1S/C26H32N4O/c1-31-25-11-7-8-21(18-25)26-22(20-30(27-26)24-9-3-2-4-10-24)19-28-16-12-23(13-17-28)29-14-5-6-15-29/h2-4,7-11,18,20,23H,5-6,12-17,19H2,1H3. The molecule has 5 rings (SSSR count). The van der Waals surface area contributed by atoms with Gasteiger partial charge in [0.2, 0.25) is 0 Å². The van der Waals surface area contributed by atoms with Gasteiger partial charge in [-0.2, -0.15) is 5.10 Å². The van der Waals surface area contributed by atoms with Crippen LogP contribution in [0.25, 0.3) is 16.9 Å². The lowest BCUT2D eigenvalue weighted by Gasteiger charge is -2.36. The molecule has 0 aliphatic carbocycles. The molecule has 3 heterocycles. The minimum Gasteiger partial charge on any atom is -0.497 e. The largest absolute Gasteiger partial charge is 0.497 e. The van der Waals surface area contributed by atoms with E-state index < -0.39 is 0 Å². The third kappa shape index (κ3) is 4.53. The van der Waals surface area contributed by atoms with E-state index in [0.29, 0.717) is 0 Å². The molecule has 2 aromatic carbocycles. The molecule has 0 spiro atoms.